The first-order valence-corrected chi connectivity index (χ1v) is 8.47. The molecule has 3 aromatic rings. The van der Waals surface area contributed by atoms with Crippen molar-refractivity contribution in [3.63, 3.8) is 0 Å². The van der Waals surface area contributed by atoms with E-state index in [0.29, 0.717) is 23.4 Å². The van der Waals surface area contributed by atoms with Crippen molar-refractivity contribution in [2.75, 3.05) is 13.1 Å². The summed E-state index contributed by atoms with van der Waals surface area (Å²) < 4.78 is 7.94. The molecule has 3 heterocycles. The predicted octanol–water partition coefficient (Wildman–Crippen LogP) is 3.08. The van der Waals surface area contributed by atoms with Gasteiger partial charge < -0.3 is 15.8 Å². The Morgan fingerprint density at radius 1 is 1.20 bits per heavy atom. The highest BCUT2D eigenvalue weighted by Crippen LogP contribution is 2.27. The van der Waals surface area contributed by atoms with Crippen molar-refractivity contribution >= 4 is 16.6 Å². The minimum atomic E-state index is 0.434. The number of hydrogen-bond donors (Lipinski definition) is 2. The van der Waals surface area contributed by atoms with Crippen LogP contribution in [0, 0.1) is 0 Å². The van der Waals surface area contributed by atoms with E-state index in [1.165, 1.54) is 0 Å². The molecule has 1 fully saturated rings. The van der Waals surface area contributed by atoms with E-state index in [9.17, 15) is 0 Å². The van der Waals surface area contributed by atoms with Gasteiger partial charge in [0.15, 0.2) is 0 Å². The van der Waals surface area contributed by atoms with Gasteiger partial charge in [-0.3, -0.25) is 4.68 Å². The Bertz CT molecular complexity index is 894. The molecule has 0 radical (unpaired) electrons. The second kappa shape index (κ2) is 6.57. The largest absolute Gasteiger partial charge is 0.439 e. The number of benzene rings is 1. The first-order valence-electron chi connectivity index (χ1n) is 8.47. The molecule has 0 unspecified atom stereocenters. The molecule has 25 heavy (non-hydrogen) atoms. The highest BCUT2D eigenvalue weighted by Gasteiger charge is 2.18. The highest BCUT2D eigenvalue weighted by molar-refractivity contribution is 5.78. The van der Waals surface area contributed by atoms with Gasteiger partial charge in [-0.25, -0.2) is 4.98 Å². The van der Waals surface area contributed by atoms with E-state index < -0.39 is 0 Å². The molecule has 0 aliphatic carbocycles. The van der Waals surface area contributed by atoms with E-state index in [4.69, 9.17) is 10.5 Å². The Kier molecular flexibility index (Phi) is 4.11. The molecule has 2 aromatic heterocycles. The number of nitrogens with two attached hydrogens (primary N) is 1. The number of pyridine rings is 1. The molecule has 0 spiro atoms. The standard InChI is InChI=1S/C19H21N5O/c1-13(20)14-2-4-17(5-3-14)25-19-10-15-11-23-24(18(15)12-22-19)16-6-8-21-9-7-16/h2-5,10-12,16,21H,1,6-9,20H2. The number of rotatable bonds is 4. The van der Waals surface area contributed by atoms with Crippen LogP contribution in [0.3, 0.4) is 0 Å². The normalized spacial score (nSPS) is 15.4. The smallest absolute Gasteiger partial charge is 0.219 e. The molecule has 4 rings (SSSR count). The van der Waals surface area contributed by atoms with Crippen molar-refractivity contribution in [3.8, 4) is 11.6 Å². The zero-order valence-corrected chi connectivity index (χ0v) is 14.0. The Labute approximate surface area is 146 Å². The summed E-state index contributed by atoms with van der Waals surface area (Å²) in [6.07, 6.45) is 5.91. The lowest BCUT2D eigenvalue weighted by atomic mass is 10.1. The second-order valence-corrected chi connectivity index (χ2v) is 6.30. The fraction of sp³-hybridized carbons (Fsp3) is 0.263. The summed E-state index contributed by atoms with van der Waals surface area (Å²) in [5.74, 6) is 1.26. The minimum Gasteiger partial charge on any atom is -0.439 e. The SMILES string of the molecule is C=C(N)c1ccc(Oc2cc3cnn(C4CCNCC4)c3cn2)cc1. The maximum atomic E-state index is 5.85. The lowest BCUT2D eigenvalue weighted by Gasteiger charge is -2.23. The molecule has 0 saturated carbocycles. The summed E-state index contributed by atoms with van der Waals surface area (Å²) in [5, 5.41) is 8.99. The first kappa shape index (κ1) is 15.7. The van der Waals surface area contributed by atoms with Crippen LogP contribution in [0.5, 0.6) is 11.6 Å². The van der Waals surface area contributed by atoms with Crippen molar-refractivity contribution in [2.45, 2.75) is 18.9 Å². The fourth-order valence-electron chi connectivity index (χ4n) is 3.18. The maximum absolute atomic E-state index is 5.85. The van der Waals surface area contributed by atoms with Gasteiger partial charge in [0.05, 0.1) is 24.0 Å². The number of hydrogen-bond acceptors (Lipinski definition) is 5. The van der Waals surface area contributed by atoms with Gasteiger partial charge in [0.2, 0.25) is 5.88 Å². The van der Waals surface area contributed by atoms with E-state index in [0.717, 1.165) is 42.4 Å². The van der Waals surface area contributed by atoms with Crippen LogP contribution < -0.4 is 15.8 Å². The van der Waals surface area contributed by atoms with Crippen LogP contribution in [-0.2, 0) is 0 Å². The molecular formula is C19H21N5O. The van der Waals surface area contributed by atoms with Crippen LogP contribution in [0.2, 0.25) is 0 Å². The van der Waals surface area contributed by atoms with Gasteiger partial charge in [0, 0.05) is 17.1 Å². The van der Waals surface area contributed by atoms with Crippen molar-refractivity contribution in [1.82, 2.24) is 20.1 Å². The third-order valence-electron chi connectivity index (χ3n) is 4.56. The Morgan fingerprint density at radius 2 is 1.96 bits per heavy atom. The monoisotopic (exact) mass is 335 g/mol. The topological polar surface area (TPSA) is 78.0 Å². The molecule has 0 bridgehead atoms. The number of aromatic nitrogens is 3. The van der Waals surface area contributed by atoms with Crippen LogP contribution in [-0.4, -0.2) is 27.9 Å². The molecule has 1 aliphatic rings. The van der Waals surface area contributed by atoms with Crippen LogP contribution >= 0.6 is 0 Å². The molecule has 6 heteroatoms. The highest BCUT2D eigenvalue weighted by atomic mass is 16.5. The van der Waals surface area contributed by atoms with Gasteiger partial charge in [-0.2, -0.15) is 5.10 Å². The molecule has 3 N–H and O–H groups in total. The molecule has 128 valence electrons. The quantitative estimate of drug-likeness (QED) is 0.766. The van der Waals surface area contributed by atoms with Crippen molar-refractivity contribution in [3.05, 3.63) is 54.9 Å². The van der Waals surface area contributed by atoms with Crippen molar-refractivity contribution in [2.24, 2.45) is 5.73 Å². The fourth-order valence-corrected chi connectivity index (χ4v) is 3.18. The van der Waals surface area contributed by atoms with Crippen LogP contribution in [0.25, 0.3) is 16.6 Å². The maximum Gasteiger partial charge on any atom is 0.219 e. The summed E-state index contributed by atoms with van der Waals surface area (Å²) in [6, 6.07) is 9.84. The lowest BCUT2D eigenvalue weighted by Crippen LogP contribution is -2.29. The van der Waals surface area contributed by atoms with Crippen LogP contribution in [0.1, 0.15) is 24.4 Å². The molecule has 1 saturated heterocycles. The summed E-state index contributed by atoms with van der Waals surface area (Å²) in [5.41, 5.74) is 8.16. The number of piperidine rings is 1. The molecule has 1 aromatic carbocycles. The summed E-state index contributed by atoms with van der Waals surface area (Å²) in [6.45, 7) is 5.79. The summed E-state index contributed by atoms with van der Waals surface area (Å²) in [4.78, 5) is 4.45. The van der Waals surface area contributed by atoms with E-state index in [-0.39, 0.29) is 0 Å². The summed E-state index contributed by atoms with van der Waals surface area (Å²) >= 11 is 0. The molecular weight excluding hydrogens is 314 g/mol. The third-order valence-corrected chi connectivity index (χ3v) is 4.56. The van der Waals surface area contributed by atoms with Gasteiger partial charge >= 0.3 is 0 Å². The number of nitrogens with zero attached hydrogens (tertiary/aromatic N) is 3. The van der Waals surface area contributed by atoms with E-state index in [1.54, 1.807) is 0 Å². The van der Waals surface area contributed by atoms with Gasteiger partial charge in [-0.1, -0.05) is 6.58 Å². The average molecular weight is 335 g/mol. The van der Waals surface area contributed by atoms with Gasteiger partial charge in [0.25, 0.3) is 0 Å². The van der Waals surface area contributed by atoms with Crippen molar-refractivity contribution < 1.29 is 4.74 Å². The zero-order chi connectivity index (χ0) is 17.2. The number of ether oxygens (including phenoxy) is 1. The van der Waals surface area contributed by atoms with Crippen LogP contribution in [0.15, 0.2) is 49.3 Å². The lowest BCUT2D eigenvalue weighted by molar-refractivity contribution is 0.351. The first-order chi connectivity index (χ1) is 12.2. The minimum absolute atomic E-state index is 0.434. The third kappa shape index (κ3) is 3.21. The van der Waals surface area contributed by atoms with E-state index in [2.05, 4.69) is 26.7 Å². The number of nitrogens with one attached hydrogen (secondary N) is 1. The Morgan fingerprint density at radius 3 is 2.68 bits per heavy atom. The molecule has 1 aliphatic heterocycles. The Hall–Kier alpha value is -2.86. The van der Waals surface area contributed by atoms with Gasteiger partial charge in [0.1, 0.15) is 5.75 Å². The number of fused-ring (bicyclic) bond motifs is 1. The van der Waals surface area contributed by atoms with Gasteiger partial charge in [-0.15, -0.1) is 0 Å². The summed E-state index contributed by atoms with van der Waals surface area (Å²) in [7, 11) is 0. The second-order valence-electron chi connectivity index (χ2n) is 6.30. The Balaban J connectivity index is 1.56. The van der Waals surface area contributed by atoms with Crippen LogP contribution in [0.4, 0.5) is 0 Å². The zero-order valence-electron chi connectivity index (χ0n) is 14.0. The molecule has 6 nitrogen and oxygen atoms in total. The van der Waals surface area contributed by atoms with E-state index in [1.807, 2.05) is 42.7 Å². The van der Waals surface area contributed by atoms with Gasteiger partial charge in [-0.05, 0) is 55.8 Å². The van der Waals surface area contributed by atoms with Crippen molar-refractivity contribution in [1.29, 1.82) is 0 Å². The molecule has 0 amide bonds. The van der Waals surface area contributed by atoms with E-state index >= 15 is 0 Å². The molecule has 0 atom stereocenters. The predicted molar refractivity (Wildman–Crippen MR) is 98.4 cm³/mol. The average Bonchev–Trinajstić information content (AvgIpc) is 3.06.